The van der Waals surface area contributed by atoms with Crippen molar-refractivity contribution in [2.75, 3.05) is 34.2 Å². The lowest BCUT2D eigenvalue weighted by atomic mass is 10.2. The van der Waals surface area contributed by atoms with Gasteiger partial charge in [-0.15, -0.1) is 12.4 Å². The molecule has 0 bridgehead atoms. The first-order valence-electron chi connectivity index (χ1n) is 5.21. The molecule has 0 spiro atoms. The fraction of sp³-hybridized carbons (Fsp3) is 0.800. The normalized spacial score (nSPS) is 18.8. The van der Waals surface area contributed by atoms with E-state index < -0.39 is 0 Å². The summed E-state index contributed by atoms with van der Waals surface area (Å²) >= 11 is 0. The Kier molecular flexibility index (Phi) is 6.36. The molecule has 5 nitrogen and oxygen atoms in total. The largest absolute Gasteiger partial charge is 0.347 e. The van der Waals surface area contributed by atoms with Crippen LogP contribution in [0.2, 0.25) is 0 Å². The third kappa shape index (κ3) is 3.98. The Morgan fingerprint density at radius 2 is 1.94 bits per heavy atom. The van der Waals surface area contributed by atoms with Crippen LogP contribution in [0, 0.1) is 0 Å². The number of hydrogen-bond acceptors (Lipinski definition) is 3. The predicted molar refractivity (Wildman–Crippen MR) is 64.6 cm³/mol. The number of halogens is 1. The molecule has 0 radical (unpaired) electrons. The molecular weight excluding hydrogens is 230 g/mol. The van der Waals surface area contributed by atoms with E-state index in [2.05, 4.69) is 5.32 Å². The van der Waals surface area contributed by atoms with Gasteiger partial charge in [0.1, 0.15) is 0 Å². The maximum Gasteiger partial charge on any atom is 0.241 e. The first-order valence-corrected chi connectivity index (χ1v) is 5.21. The van der Waals surface area contributed by atoms with E-state index in [4.69, 9.17) is 0 Å². The van der Waals surface area contributed by atoms with Crippen LogP contribution in [0.1, 0.15) is 12.8 Å². The summed E-state index contributed by atoms with van der Waals surface area (Å²) in [5.74, 6) is -0.0356. The lowest BCUT2D eigenvalue weighted by Crippen LogP contribution is -2.45. The predicted octanol–water partition coefficient (Wildman–Crippen LogP) is -0.293. The molecule has 0 aromatic carbocycles. The highest BCUT2D eigenvalue weighted by molar-refractivity contribution is 5.87. The van der Waals surface area contributed by atoms with Crippen molar-refractivity contribution >= 4 is 24.2 Å². The summed E-state index contributed by atoms with van der Waals surface area (Å²) in [7, 11) is 5.05. The molecule has 16 heavy (non-hydrogen) atoms. The summed E-state index contributed by atoms with van der Waals surface area (Å²) in [6.07, 6.45) is 1.91. The minimum Gasteiger partial charge on any atom is -0.347 e. The summed E-state index contributed by atoms with van der Waals surface area (Å²) in [5.41, 5.74) is 0. The van der Waals surface area contributed by atoms with Gasteiger partial charge in [0, 0.05) is 21.1 Å². The van der Waals surface area contributed by atoms with E-state index in [0.29, 0.717) is 0 Å². The second-order valence-corrected chi connectivity index (χ2v) is 4.13. The Morgan fingerprint density at radius 3 is 2.38 bits per heavy atom. The van der Waals surface area contributed by atoms with Crippen LogP contribution in [0.4, 0.5) is 0 Å². The second kappa shape index (κ2) is 6.70. The Morgan fingerprint density at radius 1 is 1.31 bits per heavy atom. The summed E-state index contributed by atoms with van der Waals surface area (Å²) < 4.78 is 0. The molecule has 2 amide bonds. The van der Waals surface area contributed by atoms with Crippen molar-refractivity contribution in [1.82, 2.24) is 15.1 Å². The number of carbonyl (C=O) groups is 2. The Hall–Kier alpha value is -0.810. The molecule has 0 aliphatic carbocycles. The molecule has 0 unspecified atom stereocenters. The molecule has 0 saturated carbocycles. The molecule has 1 saturated heterocycles. The van der Waals surface area contributed by atoms with E-state index >= 15 is 0 Å². The van der Waals surface area contributed by atoms with Crippen LogP contribution in [-0.4, -0.2) is 61.9 Å². The van der Waals surface area contributed by atoms with Crippen molar-refractivity contribution in [3.05, 3.63) is 0 Å². The Bertz CT molecular complexity index is 252. The average molecular weight is 250 g/mol. The van der Waals surface area contributed by atoms with Gasteiger partial charge in [0.25, 0.3) is 0 Å². The average Bonchev–Trinajstić information content (AvgIpc) is 2.68. The molecule has 0 aromatic heterocycles. The van der Waals surface area contributed by atoms with Crippen molar-refractivity contribution in [3.63, 3.8) is 0 Å². The van der Waals surface area contributed by atoms with Crippen LogP contribution in [0.15, 0.2) is 0 Å². The highest BCUT2D eigenvalue weighted by atomic mass is 35.5. The maximum atomic E-state index is 11.8. The molecule has 1 atom stereocenters. The number of rotatable bonds is 3. The smallest absolute Gasteiger partial charge is 0.241 e. The number of amides is 2. The van der Waals surface area contributed by atoms with Gasteiger partial charge in [-0.3, -0.25) is 9.59 Å². The van der Waals surface area contributed by atoms with Crippen LogP contribution < -0.4 is 5.32 Å². The molecule has 94 valence electrons. The zero-order valence-electron chi connectivity index (χ0n) is 10.0. The summed E-state index contributed by atoms with van der Waals surface area (Å²) in [6.45, 7) is 1.05. The highest BCUT2D eigenvalue weighted by Gasteiger charge is 2.25. The Labute approximate surface area is 103 Å². The number of likely N-dealkylation sites (N-methyl/N-ethyl adjacent to an activating group) is 2. The van der Waals surface area contributed by atoms with Crippen molar-refractivity contribution in [1.29, 1.82) is 0 Å². The number of hydrogen-bond donors (Lipinski definition) is 1. The van der Waals surface area contributed by atoms with Gasteiger partial charge in [0.15, 0.2) is 0 Å². The molecule has 1 aliphatic heterocycles. The molecule has 1 aliphatic rings. The minimum atomic E-state index is -0.0926. The van der Waals surface area contributed by atoms with Gasteiger partial charge in [0.2, 0.25) is 11.8 Å². The van der Waals surface area contributed by atoms with E-state index in [1.807, 2.05) is 0 Å². The van der Waals surface area contributed by atoms with Gasteiger partial charge in [-0.05, 0) is 19.4 Å². The van der Waals surface area contributed by atoms with E-state index in [0.717, 1.165) is 19.4 Å². The van der Waals surface area contributed by atoms with Gasteiger partial charge < -0.3 is 15.1 Å². The van der Waals surface area contributed by atoms with Gasteiger partial charge in [0.05, 0.1) is 12.6 Å². The first-order chi connectivity index (χ1) is 7.02. The van der Waals surface area contributed by atoms with Crippen LogP contribution >= 0.6 is 12.4 Å². The fourth-order valence-corrected chi connectivity index (χ4v) is 1.58. The first kappa shape index (κ1) is 15.2. The van der Waals surface area contributed by atoms with E-state index in [9.17, 15) is 9.59 Å². The number of nitrogens with one attached hydrogen (secondary N) is 1. The molecule has 0 aromatic rings. The summed E-state index contributed by atoms with van der Waals surface area (Å²) in [5, 5.41) is 3.12. The number of carbonyl (C=O) groups excluding carboxylic acids is 2. The molecular formula is C10H20ClN3O2. The van der Waals surface area contributed by atoms with Gasteiger partial charge in [-0.1, -0.05) is 0 Å². The van der Waals surface area contributed by atoms with Crippen molar-refractivity contribution in [2.24, 2.45) is 0 Å². The van der Waals surface area contributed by atoms with Gasteiger partial charge in [-0.2, -0.15) is 0 Å². The van der Waals surface area contributed by atoms with Gasteiger partial charge >= 0.3 is 0 Å². The minimum absolute atomic E-state index is 0. The summed E-state index contributed by atoms with van der Waals surface area (Å²) in [4.78, 5) is 26.2. The SMILES string of the molecule is CN(C)C(=O)CN(C)C(=O)[C@@H]1CCCN1.Cl. The van der Waals surface area contributed by atoms with E-state index in [1.165, 1.54) is 9.80 Å². The summed E-state index contributed by atoms with van der Waals surface area (Å²) in [6, 6.07) is -0.0926. The highest BCUT2D eigenvalue weighted by Crippen LogP contribution is 2.07. The third-order valence-electron chi connectivity index (χ3n) is 2.61. The van der Waals surface area contributed by atoms with Crippen LogP contribution in [-0.2, 0) is 9.59 Å². The fourth-order valence-electron chi connectivity index (χ4n) is 1.58. The quantitative estimate of drug-likeness (QED) is 0.748. The second-order valence-electron chi connectivity index (χ2n) is 4.13. The molecule has 6 heteroatoms. The topological polar surface area (TPSA) is 52.7 Å². The van der Waals surface area contributed by atoms with Crippen LogP contribution in [0.3, 0.4) is 0 Å². The van der Waals surface area contributed by atoms with Crippen molar-refractivity contribution < 1.29 is 9.59 Å². The van der Waals surface area contributed by atoms with Gasteiger partial charge in [-0.25, -0.2) is 0 Å². The number of nitrogens with zero attached hydrogens (tertiary/aromatic N) is 2. The lowest BCUT2D eigenvalue weighted by Gasteiger charge is -2.22. The molecule has 1 N–H and O–H groups in total. The Balaban J connectivity index is 0.00000225. The van der Waals surface area contributed by atoms with E-state index in [1.54, 1.807) is 21.1 Å². The van der Waals surface area contributed by atoms with Crippen molar-refractivity contribution in [2.45, 2.75) is 18.9 Å². The van der Waals surface area contributed by atoms with Crippen LogP contribution in [0.5, 0.6) is 0 Å². The third-order valence-corrected chi connectivity index (χ3v) is 2.61. The standard InChI is InChI=1S/C10H19N3O2.ClH/c1-12(2)9(14)7-13(3)10(15)8-5-4-6-11-8;/h8,11H,4-7H2,1-3H3;1H/t8-;/m0./s1. The lowest BCUT2D eigenvalue weighted by molar-refractivity contribution is -0.139. The zero-order valence-corrected chi connectivity index (χ0v) is 10.8. The maximum absolute atomic E-state index is 11.8. The zero-order chi connectivity index (χ0) is 11.4. The van der Waals surface area contributed by atoms with Crippen molar-refractivity contribution in [3.8, 4) is 0 Å². The molecule has 1 fully saturated rings. The van der Waals surface area contributed by atoms with Crippen LogP contribution in [0.25, 0.3) is 0 Å². The van der Waals surface area contributed by atoms with E-state index in [-0.39, 0.29) is 36.8 Å². The molecule has 1 rings (SSSR count). The molecule has 1 heterocycles. The monoisotopic (exact) mass is 249 g/mol.